The van der Waals surface area contributed by atoms with E-state index in [2.05, 4.69) is 5.32 Å². The van der Waals surface area contributed by atoms with Gasteiger partial charge in [0.2, 0.25) is 5.91 Å². The van der Waals surface area contributed by atoms with E-state index >= 15 is 0 Å². The Morgan fingerprint density at radius 2 is 1.96 bits per heavy atom. The molecule has 0 spiro atoms. The zero-order chi connectivity index (χ0) is 18.5. The summed E-state index contributed by atoms with van der Waals surface area (Å²) >= 11 is 0. The van der Waals surface area contributed by atoms with Crippen LogP contribution in [-0.2, 0) is 4.79 Å². The molecule has 1 aromatic heterocycles. The zero-order valence-corrected chi connectivity index (χ0v) is 15.3. The maximum absolute atomic E-state index is 12.4. The second-order valence-corrected chi connectivity index (χ2v) is 6.39. The summed E-state index contributed by atoms with van der Waals surface area (Å²) in [5.74, 6) is 0.0761. The number of nitrogens with one attached hydrogen (secondary N) is 1. The lowest BCUT2D eigenvalue weighted by atomic mass is 9.95. The summed E-state index contributed by atoms with van der Waals surface area (Å²) in [5.41, 5.74) is 1.92. The number of aromatic nitrogens is 1. The minimum atomic E-state index is -0.151. The molecule has 3 rings (SSSR count). The van der Waals surface area contributed by atoms with Crippen LogP contribution in [0, 0.1) is 5.92 Å². The van der Waals surface area contributed by atoms with Gasteiger partial charge in [-0.2, -0.15) is 0 Å². The molecule has 2 aromatic rings. The molecule has 0 fully saturated rings. The number of nitrogens with zero attached hydrogens (tertiary/aromatic N) is 2. The van der Waals surface area contributed by atoms with E-state index in [1.807, 2.05) is 67.3 Å². The molecule has 2 amide bonds. The standard InChI is InChI=1S/C21H25N3O2/c1-3-23(4-2)20(25)18-11-9-16(10-12-18)15-22-21(26)24-14-13-17-7-5-6-8-19(17)24/h5-11,13-14,18H,3-4,12,15H2,1-2H3,(H,22,26). The SMILES string of the molecule is CCN(CC)C(=O)C1C=CC(CNC(=O)n2ccc3ccccc32)=CC1. The first-order chi connectivity index (χ1) is 12.6. The highest BCUT2D eigenvalue weighted by Crippen LogP contribution is 2.19. The summed E-state index contributed by atoms with van der Waals surface area (Å²) in [6.45, 7) is 5.91. The number of carbonyl (C=O) groups is 2. The Balaban J connectivity index is 1.57. The van der Waals surface area contributed by atoms with Gasteiger partial charge in [-0.1, -0.05) is 36.4 Å². The Kier molecular flexibility index (Phi) is 5.56. The van der Waals surface area contributed by atoms with Crippen molar-refractivity contribution in [3.8, 4) is 0 Å². The molecule has 1 atom stereocenters. The molecule has 1 aromatic carbocycles. The van der Waals surface area contributed by atoms with Crippen LogP contribution >= 0.6 is 0 Å². The number of para-hydroxylation sites is 1. The molecule has 5 heteroatoms. The van der Waals surface area contributed by atoms with Gasteiger partial charge in [-0.3, -0.25) is 9.36 Å². The van der Waals surface area contributed by atoms with E-state index in [9.17, 15) is 9.59 Å². The number of fused-ring (bicyclic) bond motifs is 1. The summed E-state index contributed by atoms with van der Waals surface area (Å²) in [7, 11) is 0. The third-order valence-corrected chi connectivity index (χ3v) is 4.83. The van der Waals surface area contributed by atoms with Crippen LogP contribution in [0.5, 0.6) is 0 Å². The van der Waals surface area contributed by atoms with Gasteiger partial charge < -0.3 is 10.2 Å². The van der Waals surface area contributed by atoms with Gasteiger partial charge >= 0.3 is 6.03 Å². The molecule has 1 unspecified atom stereocenters. The average molecular weight is 351 g/mol. The van der Waals surface area contributed by atoms with Crippen LogP contribution < -0.4 is 5.32 Å². The van der Waals surface area contributed by atoms with E-state index in [1.54, 1.807) is 10.8 Å². The molecule has 26 heavy (non-hydrogen) atoms. The topological polar surface area (TPSA) is 54.3 Å². The Labute approximate surface area is 154 Å². The molecule has 0 saturated carbocycles. The number of amides is 2. The average Bonchev–Trinajstić information content (AvgIpc) is 3.11. The Morgan fingerprint density at radius 3 is 2.65 bits per heavy atom. The van der Waals surface area contributed by atoms with Crippen LogP contribution in [0.1, 0.15) is 20.3 Å². The van der Waals surface area contributed by atoms with Crippen molar-refractivity contribution >= 4 is 22.8 Å². The number of rotatable bonds is 5. The fourth-order valence-corrected chi connectivity index (χ4v) is 3.27. The molecule has 5 nitrogen and oxygen atoms in total. The summed E-state index contributed by atoms with van der Waals surface area (Å²) in [4.78, 5) is 26.7. The van der Waals surface area contributed by atoms with Gasteiger partial charge in [-0.05, 0) is 38.0 Å². The van der Waals surface area contributed by atoms with Gasteiger partial charge in [0.1, 0.15) is 0 Å². The summed E-state index contributed by atoms with van der Waals surface area (Å²) in [6, 6.07) is 9.57. The van der Waals surface area contributed by atoms with Gasteiger partial charge in [0.15, 0.2) is 0 Å². The van der Waals surface area contributed by atoms with Gasteiger partial charge in [0.05, 0.1) is 11.4 Å². The minimum Gasteiger partial charge on any atom is -0.343 e. The Bertz CT molecular complexity index is 859. The lowest BCUT2D eigenvalue weighted by Gasteiger charge is -2.24. The van der Waals surface area contributed by atoms with E-state index < -0.39 is 0 Å². The Hall–Kier alpha value is -2.82. The fraction of sp³-hybridized carbons (Fsp3) is 0.333. The number of allylic oxidation sites excluding steroid dienone is 1. The molecule has 1 N–H and O–H groups in total. The molecule has 0 radical (unpaired) electrons. The van der Waals surface area contributed by atoms with Gasteiger partial charge in [-0.15, -0.1) is 0 Å². The summed E-state index contributed by atoms with van der Waals surface area (Å²) in [6.07, 6.45) is 8.41. The first-order valence-electron chi connectivity index (χ1n) is 9.14. The molecular formula is C21H25N3O2. The smallest absolute Gasteiger partial charge is 0.326 e. The molecule has 1 aliphatic carbocycles. The molecule has 136 valence electrons. The minimum absolute atomic E-state index is 0.0947. The number of hydrogen-bond acceptors (Lipinski definition) is 2. The first kappa shape index (κ1) is 18.0. The number of carbonyl (C=O) groups excluding carboxylic acids is 2. The van der Waals surface area contributed by atoms with Crippen LogP contribution in [0.4, 0.5) is 4.79 Å². The van der Waals surface area contributed by atoms with Crippen molar-refractivity contribution < 1.29 is 9.59 Å². The largest absolute Gasteiger partial charge is 0.343 e. The highest BCUT2D eigenvalue weighted by molar-refractivity contribution is 5.91. The maximum atomic E-state index is 12.4. The third-order valence-electron chi connectivity index (χ3n) is 4.83. The van der Waals surface area contributed by atoms with Crippen molar-refractivity contribution in [2.24, 2.45) is 5.92 Å². The molecule has 1 aliphatic rings. The molecule has 0 bridgehead atoms. The third kappa shape index (κ3) is 3.72. The molecular weight excluding hydrogens is 326 g/mol. The van der Waals surface area contributed by atoms with Crippen molar-refractivity contribution in [1.82, 2.24) is 14.8 Å². The Morgan fingerprint density at radius 1 is 1.19 bits per heavy atom. The van der Waals surface area contributed by atoms with E-state index in [4.69, 9.17) is 0 Å². The molecule has 0 aliphatic heterocycles. The van der Waals surface area contributed by atoms with E-state index in [0.29, 0.717) is 13.0 Å². The highest BCUT2D eigenvalue weighted by atomic mass is 16.2. The van der Waals surface area contributed by atoms with Crippen molar-refractivity contribution in [3.63, 3.8) is 0 Å². The van der Waals surface area contributed by atoms with Crippen molar-refractivity contribution in [3.05, 3.63) is 60.3 Å². The fourth-order valence-electron chi connectivity index (χ4n) is 3.27. The quantitative estimate of drug-likeness (QED) is 0.895. The second kappa shape index (κ2) is 8.04. The monoisotopic (exact) mass is 351 g/mol. The van der Waals surface area contributed by atoms with Crippen molar-refractivity contribution in [1.29, 1.82) is 0 Å². The predicted molar refractivity (Wildman–Crippen MR) is 104 cm³/mol. The van der Waals surface area contributed by atoms with Crippen molar-refractivity contribution in [2.45, 2.75) is 20.3 Å². The maximum Gasteiger partial charge on any atom is 0.326 e. The normalized spacial score (nSPS) is 16.4. The number of hydrogen-bond donors (Lipinski definition) is 1. The zero-order valence-electron chi connectivity index (χ0n) is 15.3. The van der Waals surface area contributed by atoms with Crippen LogP contribution in [0.3, 0.4) is 0 Å². The van der Waals surface area contributed by atoms with E-state index in [-0.39, 0.29) is 17.9 Å². The second-order valence-electron chi connectivity index (χ2n) is 6.39. The number of benzene rings is 1. The van der Waals surface area contributed by atoms with Crippen LogP contribution in [0.2, 0.25) is 0 Å². The lowest BCUT2D eigenvalue weighted by Crippen LogP contribution is -2.35. The lowest BCUT2D eigenvalue weighted by molar-refractivity contribution is -0.133. The van der Waals surface area contributed by atoms with Gasteiger partial charge in [0.25, 0.3) is 0 Å². The van der Waals surface area contributed by atoms with Gasteiger partial charge in [-0.25, -0.2) is 4.79 Å². The van der Waals surface area contributed by atoms with Crippen molar-refractivity contribution in [2.75, 3.05) is 19.6 Å². The van der Waals surface area contributed by atoms with E-state index in [1.165, 1.54) is 0 Å². The van der Waals surface area contributed by atoms with Crippen LogP contribution in [0.15, 0.2) is 60.3 Å². The summed E-state index contributed by atoms with van der Waals surface area (Å²) < 4.78 is 1.62. The van der Waals surface area contributed by atoms with Crippen LogP contribution in [0.25, 0.3) is 10.9 Å². The summed E-state index contributed by atoms with van der Waals surface area (Å²) in [5, 5.41) is 3.98. The van der Waals surface area contributed by atoms with Crippen LogP contribution in [-0.4, -0.2) is 41.0 Å². The molecule has 1 heterocycles. The first-order valence-corrected chi connectivity index (χ1v) is 9.14. The predicted octanol–water partition coefficient (Wildman–Crippen LogP) is 3.57. The highest BCUT2D eigenvalue weighted by Gasteiger charge is 2.21. The van der Waals surface area contributed by atoms with E-state index in [0.717, 1.165) is 29.6 Å². The molecule has 0 saturated heterocycles. The van der Waals surface area contributed by atoms with Gasteiger partial charge in [0, 0.05) is 31.2 Å².